The zero-order chi connectivity index (χ0) is 17.6. The Kier molecular flexibility index (Phi) is 7.37. The van der Waals surface area contributed by atoms with Gasteiger partial charge in [-0.05, 0) is 45.4 Å². The van der Waals surface area contributed by atoms with E-state index in [2.05, 4.69) is 20.8 Å². The van der Waals surface area contributed by atoms with Crippen LogP contribution in [0.25, 0.3) is 0 Å². The highest BCUT2D eigenvalue weighted by Crippen LogP contribution is 2.22. The Morgan fingerprint density at radius 2 is 1.39 bits per heavy atom. The molecular weight excluding hydrogens is 286 g/mol. The lowest BCUT2D eigenvalue weighted by Crippen LogP contribution is -2.21. The third-order valence-electron chi connectivity index (χ3n) is 4.82. The van der Waals surface area contributed by atoms with Crippen molar-refractivity contribution in [2.45, 2.75) is 92.9 Å². The van der Waals surface area contributed by atoms with Crippen LogP contribution in [0, 0.1) is 26.2 Å². The van der Waals surface area contributed by atoms with E-state index in [0.29, 0.717) is 22.2 Å². The van der Waals surface area contributed by atoms with Crippen LogP contribution in [0.3, 0.4) is 0 Å². The van der Waals surface area contributed by atoms with Crippen LogP contribution in [0.4, 0.5) is 0 Å². The number of nitrogens with zero attached hydrogens (tertiary/aromatic N) is 1. The van der Waals surface area contributed by atoms with Crippen LogP contribution in [0.1, 0.15) is 88.2 Å². The number of rotatable bonds is 8. The Morgan fingerprint density at radius 1 is 0.870 bits per heavy atom. The molecule has 0 aliphatic heterocycles. The van der Waals surface area contributed by atoms with Gasteiger partial charge in [0, 0.05) is 11.1 Å². The molecular formula is C20H35NO2. The highest BCUT2D eigenvalue weighted by molar-refractivity contribution is 5.29. The standard InChI is InChI=1S/C20H35NO2/c1-15-17(3)21(23)18(16(2)19(15)22)13-11-9-7-8-10-12-14-20(4,5)6/h23H,7-14H2,1-6H3. The molecule has 0 spiro atoms. The summed E-state index contributed by atoms with van der Waals surface area (Å²) in [5.74, 6) is 0. The molecule has 0 unspecified atom stereocenters. The van der Waals surface area contributed by atoms with Crippen molar-refractivity contribution in [1.82, 2.24) is 4.73 Å². The molecule has 0 aliphatic carbocycles. The molecule has 0 aromatic carbocycles. The van der Waals surface area contributed by atoms with E-state index in [1.165, 1.54) is 36.8 Å². The van der Waals surface area contributed by atoms with Gasteiger partial charge >= 0.3 is 0 Å². The van der Waals surface area contributed by atoms with Crippen molar-refractivity contribution in [3.05, 3.63) is 32.7 Å². The van der Waals surface area contributed by atoms with E-state index in [-0.39, 0.29) is 5.43 Å². The lowest BCUT2D eigenvalue weighted by molar-refractivity contribution is 0.165. The van der Waals surface area contributed by atoms with Gasteiger partial charge in [0.25, 0.3) is 0 Å². The molecule has 1 aromatic rings. The summed E-state index contributed by atoms with van der Waals surface area (Å²) in [6.45, 7) is 12.3. The molecule has 1 heterocycles. The monoisotopic (exact) mass is 321 g/mol. The molecule has 1 aromatic heterocycles. The first-order valence-electron chi connectivity index (χ1n) is 9.06. The zero-order valence-corrected chi connectivity index (χ0v) is 16.0. The molecule has 0 radical (unpaired) electrons. The molecule has 3 heteroatoms. The number of hydrogen-bond donors (Lipinski definition) is 1. The second kappa shape index (κ2) is 8.56. The summed E-state index contributed by atoms with van der Waals surface area (Å²) < 4.78 is 1.22. The molecule has 1 N–H and O–H groups in total. The van der Waals surface area contributed by atoms with Crippen LogP contribution in [-0.4, -0.2) is 9.94 Å². The Bertz CT molecular complexity index is 564. The summed E-state index contributed by atoms with van der Waals surface area (Å²) in [6.07, 6.45) is 9.42. The predicted molar refractivity (Wildman–Crippen MR) is 97.6 cm³/mol. The molecule has 0 fully saturated rings. The van der Waals surface area contributed by atoms with E-state index < -0.39 is 0 Å². The van der Waals surface area contributed by atoms with Crippen molar-refractivity contribution in [1.29, 1.82) is 0 Å². The molecule has 0 amide bonds. The van der Waals surface area contributed by atoms with Crippen LogP contribution < -0.4 is 5.43 Å². The van der Waals surface area contributed by atoms with Crippen LogP contribution >= 0.6 is 0 Å². The molecule has 23 heavy (non-hydrogen) atoms. The highest BCUT2D eigenvalue weighted by Gasteiger charge is 2.13. The summed E-state index contributed by atoms with van der Waals surface area (Å²) in [7, 11) is 0. The van der Waals surface area contributed by atoms with Crippen LogP contribution in [0.15, 0.2) is 4.79 Å². The lowest BCUT2D eigenvalue weighted by atomic mass is 9.89. The fourth-order valence-corrected chi connectivity index (χ4v) is 3.05. The van der Waals surface area contributed by atoms with Crippen molar-refractivity contribution < 1.29 is 5.21 Å². The van der Waals surface area contributed by atoms with Gasteiger partial charge in [-0.15, -0.1) is 0 Å². The van der Waals surface area contributed by atoms with Crippen LogP contribution in [0.5, 0.6) is 0 Å². The summed E-state index contributed by atoms with van der Waals surface area (Å²) in [4.78, 5) is 12.1. The number of pyridine rings is 1. The minimum absolute atomic E-state index is 0.0741. The first kappa shape index (κ1) is 19.8. The maximum Gasteiger partial charge on any atom is 0.188 e. The summed E-state index contributed by atoms with van der Waals surface area (Å²) in [5, 5.41) is 10.2. The van der Waals surface area contributed by atoms with Crippen molar-refractivity contribution in [2.24, 2.45) is 5.41 Å². The largest absolute Gasteiger partial charge is 0.428 e. The Labute approximate surface area is 141 Å². The van der Waals surface area contributed by atoms with E-state index >= 15 is 0 Å². The van der Waals surface area contributed by atoms with Crippen molar-refractivity contribution >= 4 is 0 Å². The van der Waals surface area contributed by atoms with Crippen LogP contribution in [-0.2, 0) is 6.42 Å². The van der Waals surface area contributed by atoms with Gasteiger partial charge in [-0.2, -0.15) is 4.73 Å². The fraction of sp³-hybridized carbons (Fsp3) is 0.750. The van der Waals surface area contributed by atoms with E-state index in [9.17, 15) is 10.0 Å². The Hall–Kier alpha value is -1.25. The predicted octanol–water partition coefficient (Wildman–Crippen LogP) is 5.33. The lowest BCUT2D eigenvalue weighted by Gasteiger charge is -2.17. The second-order valence-electron chi connectivity index (χ2n) is 8.11. The van der Waals surface area contributed by atoms with Gasteiger partial charge in [-0.25, -0.2) is 0 Å². The topological polar surface area (TPSA) is 42.2 Å². The van der Waals surface area contributed by atoms with Gasteiger partial charge < -0.3 is 5.21 Å². The molecule has 132 valence electrons. The quantitative estimate of drug-likeness (QED) is 0.519. The second-order valence-corrected chi connectivity index (χ2v) is 8.11. The van der Waals surface area contributed by atoms with E-state index in [1.807, 2.05) is 6.92 Å². The van der Waals surface area contributed by atoms with Gasteiger partial charge in [-0.3, -0.25) is 4.79 Å². The van der Waals surface area contributed by atoms with Gasteiger partial charge in [0.1, 0.15) is 0 Å². The van der Waals surface area contributed by atoms with Crippen molar-refractivity contribution in [3.8, 4) is 0 Å². The molecule has 0 bridgehead atoms. The molecule has 3 nitrogen and oxygen atoms in total. The minimum atomic E-state index is 0.0741. The van der Waals surface area contributed by atoms with E-state index in [4.69, 9.17) is 0 Å². The SMILES string of the molecule is Cc1c(C)n(O)c(CCCCCCCCC(C)(C)C)c(C)c1=O. The highest BCUT2D eigenvalue weighted by atomic mass is 16.5. The third kappa shape index (κ3) is 6.04. The normalized spacial score (nSPS) is 11.9. The van der Waals surface area contributed by atoms with Gasteiger partial charge in [0.15, 0.2) is 5.43 Å². The number of unbranched alkanes of at least 4 members (excludes halogenated alkanes) is 5. The van der Waals surface area contributed by atoms with Gasteiger partial charge in [0.2, 0.25) is 0 Å². The minimum Gasteiger partial charge on any atom is -0.428 e. The van der Waals surface area contributed by atoms with Crippen molar-refractivity contribution in [3.63, 3.8) is 0 Å². The maximum absolute atomic E-state index is 12.1. The summed E-state index contributed by atoms with van der Waals surface area (Å²) >= 11 is 0. The van der Waals surface area contributed by atoms with Gasteiger partial charge in [-0.1, -0.05) is 52.9 Å². The zero-order valence-electron chi connectivity index (χ0n) is 16.0. The fourth-order valence-electron chi connectivity index (χ4n) is 3.05. The number of aromatic nitrogens is 1. The first-order chi connectivity index (χ1) is 10.6. The molecule has 0 atom stereocenters. The first-order valence-corrected chi connectivity index (χ1v) is 9.06. The van der Waals surface area contributed by atoms with Crippen molar-refractivity contribution in [2.75, 3.05) is 0 Å². The third-order valence-corrected chi connectivity index (χ3v) is 4.82. The Balaban J connectivity index is 2.36. The average Bonchev–Trinajstić information content (AvgIpc) is 2.47. The molecule has 0 aliphatic rings. The maximum atomic E-state index is 12.1. The molecule has 0 saturated heterocycles. The molecule has 1 rings (SSSR count). The Morgan fingerprint density at radius 3 is 1.96 bits per heavy atom. The summed E-state index contributed by atoms with van der Waals surface area (Å²) in [5.41, 5.74) is 3.31. The summed E-state index contributed by atoms with van der Waals surface area (Å²) in [6, 6.07) is 0. The average molecular weight is 322 g/mol. The smallest absolute Gasteiger partial charge is 0.188 e. The molecule has 0 saturated carbocycles. The van der Waals surface area contributed by atoms with Gasteiger partial charge in [0.05, 0.1) is 11.4 Å². The van der Waals surface area contributed by atoms with Crippen LogP contribution in [0.2, 0.25) is 0 Å². The van der Waals surface area contributed by atoms with E-state index in [0.717, 1.165) is 25.0 Å². The number of hydrogen-bond acceptors (Lipinski definition) is 2. The van der Waals surface area contributed by atoms with E-state index in [1.54, 1.807) is 13.8 Å².